The SMILES string of the molecule is CC[C@@H](C)N(CC(=O)N(Cc1cccn1C)C1CC1)C(=O)c1ccc([N+](=O)[O-])cc1. The maximum atomic E-state index is 13.2. The molecule has 0 radical (unpaired) electrons. The number of carbonyl (C=O) groups is 2. The standard InChI is InChI=1S/C22H28N4O4/c1-4-16(2)24(22(28)17-7-9-19(10-8-17)26(29)30)15-21(27)25(18-11-12-18)14-20-6-5-13-23(20)3/h5-10,13,16,18H,4,11-12,14-15H2,1-3H3/t16-/m1/s1. The molecule has 8 nitrogen and oxygen atoms in total. The molecule has 1 heterocycles. The molecule has 0 N–H and O–H groups in total. The molecule has 0 bridgehead atoms. The number of hydrogen-bond acceptors (Lipinski definition) is 4. The summed E-state index contributed by atoms with van der Waals surface area (Å²) in [6, 6.07) is 9.57. The topological polar surface area (TPSA) is 88.7 Å². The molecule has 1 aliphatic carbocycles. The van der Waals surface area contributed by atoms with Gasteiger partial charge >= 0.3 is 0 Å². The van der Waals surface area contributed by atoms with Gasteiger partial charge in [0.25, 0.3) is 11.6 Å². The summed E-state index contributed by atoms with van der Waals surface area (Å²) in [5.41, 5.74) is 1.32. The van der Waals surface area contributed by atoms with Crippen molar-refractivity contribution in [1.82, 2.24) is 14.4 Å². The minimum atomic E-state index is -0.499. The summed E-state index contributed by atoms with van der Waals surface area (Å²) < 4.78 is 2.00. The van der Waals surface area contributed by atoms with Gasteiger partial charge in [-0.25, -0.2) is 0 Å². The van der Waals surface area contributed by atoms with Gasteiger partial charge in [-0.15, -0.1) is 0 Å². The van der Waals surface area contributed by atoms with Gasteiger partial charge in [0.2, 0.25) is 5.91 Å². The van der Waals surface area contributed by atoms with Gasteiger partial charge in [-0.2, -0.15) is 0 Å². The summed E-state index contributed by atoms with van der Waals surface area (Å²) in [5.74, 6) is -0.364. The van der Waals surface area contributed by atoms with Crippen LogP contribution in [0.2, 0.25) is 0 Å². The highest BCUT2D eigenvalue weighted by Gasteiger charge is 2.35. The van der Waals surface area contributed by atoms with E-state index in [1.165, 1.54) is 24.3 Å². The number of benzene rings is 1. The van der Waals surface area contributed by atoms with Crippen LogP contribution >= 0.6 is 0 Å². The average Bonchev–Trinajstić information content (AvgIpc) is 3.50. The van der Waals surface area contributed by atoms with E-state index in [1.807, 2.05) is 48.7 Å². The van der Waals surface area contributed by atoms with Gasteiger partial charge in [-0.3, -0.25) is 19.7 Å². The third kappa shape index (κ3) is 4.87. The van der Waals surface area contributed by atoms with Crippen molar-refractivity contribution in [1.29, 1.82) is 0 Å². The highest BCUT2D eigenvalue weighted by molar-refractivity contribution is 5.97. The summed E-state index contributed by atoms with van der Waals surface area (Å²) in [6.07, 6.45) is 4.62. The summed E-state index contributed by atoms with van der Waals surface area (Å²) in [7, 11) is 1.95. The fraction of sp³-hybridized carbons (Fsp3) is 0.455. The van der Waals surface area contributed by atoms with Gasteiger partial charge in [0.15, 0.2) is 0 Å². The first kappa shape index (κ1) is 21.5. The zero-order chi connectivity index (χ0) is 21.8. The summed E-state index contributed by atoms with van der Waals surface area (Å²) in [5, 5.41) is 10.9. The minimum absolute atomic E-state index is 0.00818. The van der Waals surface area contributed by atoms with Crippen molar-refractivity contribution in [2.24, 2.45) is 7.05 Å². The number of nitro benzene ring substituents is 1. The third-order valence-corrected chi connectivity index (χ3v) is 5.71. The molecule has 1 saturated carbocycles. The highest BCUT2D eigenvalue weighted by Crippen LogP contribution is 2.29. The number of non-ortho nitro benzene ring substituents is 1. The van der Waals surface area contributed by atoms with Crippen molar-refractivity contribution in [3.63, 3.8) is 0 Å². The van der Waals surface area contributed by atoms with E-state index in [4.69, 9.17) is 0 Å². The summed E-state index contributed by atoms with van der Waals surface area (Å²) in [4.78, 5) is 40.1. The first-order chi connectivity index (χ1) is 14.3. The lowest BCUT2D eigenvalue weighted by molar-refractivity contribution is -0.384. The zero-order valence-corrected chi connectivity index (χ0v) is 17.7. The molecular formula is C22H28N4O4. The first-order valence-corrected chi connectivity index (χ1v) is 10.3. The Bertz CT molecular complexity index is 917. The maximum Gasteiger partial charge on any atom is 0.269 e. The molecule has 2 amide bonds. The number of rotatable bonds is 9. The van der Waals surface area contributed by atoms with Crippen LogP contribution in [0.5, 0.6) is 0 Å². The van der Waals surface area contributed by atoms with Crippen LogP contribution in [0.25, 0.3) is 0 Å². The molecule has 0 saturated heterocycles. The Labute approximate surface area is 176 Å². The summed E-state index contributed by atoms with van der Waals surface area (Å²) in [6.45, 7) is 4.39. The molecule has 0 unspecified atom stereocenters. The smallest absolute Gasteiger partial charge is 0.269 e. The third-order valence-electron chi connectivity index (χ3n) is 5.71. The highest BCUT2D eigenvalue weighted by atomic mass is 16.6. The lowest BCUT2D eigenvalue weighted by atomic mass is 10.1. The maximum absolute atomic E-state index is 13.2. The second-order valence-corrected chi connectivity index (χ2v) is 7.86. The van der Waals surface area contributed by atoms with E-state index < -0.39 is 4.92 Å². The minimum Gasteiger partial charge on any atom is -0.353 e. The molecule has 0 aliphatic heterocycles. The fourth-order valence-corrected chi connectivity index (χ4v) is 3.42. The Kier molecular flexibility index (Phi) is 6.54. The number of carbonyl (C=O) groups excluding carboxylic acids is 2. The van der Waals surface area contributed by atoms with E-state index in [1.54, 1.807) is 4.90 Å². The first-order valence-electron chi connectivity index (χ1n) is 10.3. The van der Waals surface area contributed by atoms with Crippen molar-refractivity contribution in [3.05, 3.63) is 64.0 Å². The van der Waals surface area contributed by atoms with Gasteiger partial charge < -0.3 is 14.4 Å². The zero-order valence-electron chi connectivity index (χ0n) is 17.7. The lowest BCUT2D eigenvalue weighted by Crippen LogP contribution is -2.47. The number of hydrogen-bond donors (Lipinski definition) is 0. The molecule has 160 valence electrons. The number of nitro groups is 1. The van der Waals surface area contributed by atoms with E-state index >= 15 is 0 Å². The van der Waals surface area contributed by atoms with Crippen LogP contribution in [0.15, 0.2) is 42.6 Å². The molecule has 2 aromatic rings. The molecular weight excluding hydrogens is 384 g/mol. The molecule has 8 heteroatoms. The van der Waals surface area contributed by atoms with E-state index in [0.717, 1.165) is 18.5 Å². The fourth-order valence-electron chi connectivity index (χ4n) is 3.42. The van der Waals surface area contributed by atoms with Crippen LogP contribution in [-0.4, -0.2) is 49.7 Å². The lowest BCUT2D eigenvalue weighted by Gasteiger charge is -2.31. The van der Waals surface area contributed by atoms with Crippen LogP contribution in [0.4, 0.5) is 5.69 Å². The summed E-state index contributed by atoms with van der Waals surface area (Å²) >= 11 is 0. The number of aromatic nitrogens is 1. The molecule has 1 aliphatic rings. The molecule has 1 fully saturated rings. The molecule has 0 spiro atoms. The van der Waals surface area contributed by atoms with Crippen molar-refractivity contribution in [3.8, 4) is 0 Å². The van der Waals surface area contributed by atoms with Crippen LogP contribution in [0.3, 0.4) is 0 Å². The van der Waals surface area contributed by atoms with Gasteiger partial charge in [0, 0.05) is 48.7 Å². The van der Waals surface area contributed by atoms with Gasteiger partial charge in [-0.05, 0) is 50.5 Å². The Balaban J connectivity index is 1.77. The Hall–Kier alpha value is -3.16. The normalized spacial score (nSPS) is 14.2. The Morgan fingerprint density at radius 3 is 2.40 bits per heavy atom. The molecule has 1 atom stereocenters. The van der Waals surface area contributed by atoms with E-state index in [-0.39, 0.29) is 36.1 Å². The molecule has 1 aromatic carbocycles. The van der Waals surface area contributed by atoms with Crippen LogP contribution in [0, 0.1) is 10.1 Å². The van der Waals surface area contributed by atoms with Crippen molar-refractivity contribution in [2.75, 3.05) is 6.54 Å². The number of amides is 2. The van der Waals surface area contributed by atoms with Crippen molar-refractivity contribution >= 4 is 17.5 Å². The van der Waals surface area contributed by atoms with Crippen molar-refractivity contribution < 1.29 is 14.5 Å². The van der Waals surface area contributed by atoms with Gasteiger partial charge in [0.1, 0.15) is 6.54 Å². The van der Waals surface area contributed by atoms with E-state index in [9.17, 15) is 19.7 Å². The molecule has 3 rings (SSSR count). The van der Waals surface area contributed by atoms with Crippen LogP contribution in [0.1, 0.15) is 49.2 Å². The molecule has 30 heavy (non-hydrogen) atoms. The number of aryl methyl sites for hydroxylation is 1. The predicted octanol–water partition coefficient (Wildman–Crippen LogP) is 3.37. The number of nitrogens with zero attached hydrogens (tertiary/aromatic N) is 4. The Morgan fingerprint density at radius 2 is 1.90 bits per heavy atom. The average molecular weight is 412 g/mol. The van der Waals surface area contributed by atoms with Crippen LogP contribution in [-0.2, 0) is 18.4 Å². The van der Waals surface area contributed by atoms with Gasteiger partial charge in [0.05, 0.1) is 11.5 Å². The van der Waals surface area contributed by atoms with Crippen LogP contribution < -0.4 is 0 Å². The second kappa shape index (κ2) is 9.11. The molecule has 1 aromatic heterocycles. The monoisotopic (exact) mass is 412 g/mol. The predicted molar refractivity (Wildman–Crippen MR) is 113 cm³/mol. The van der Waals surface area contributed by atoms with Crippen molar-refractivity contribution in [2.45, 2.75) is 51.7 Å². The Morgan fingerprint density at radius 1 is 1.23 bits per heavy atom. The van der Waals surface area contributed by atoms with Gasteiger partial charge in [-0.1, -0.05) is 6.92 Å². The van der Waals surface area contributed by atoms with E-state index in [0.29, 0.717) is 18.5 Å². The quantitative estimate of drug-likeness (QED) is 0.467. The van der Waals surface area contributed by atoms with E-state index in [2.05, 4.69) is 0 Å². The second-order valence-electron chi connectivity index (χ2n) is 7.86. The largest absolute Gasteiger partial charge is 0.353 e.